The van der Waals surface area contributed by atoms with Gasteiger partial charge in [0.2, 0.25) is 0 Å². The Morgan fingerprint density at radius 3 is 2.47 bits per heavy atom. The molecule has 0 amide bonds. The molecule has 32 heavy (non-hydrogen) atoms. The second-order valence-corrected chi connectivity index (χ2v) is 9.45. The van der Waals surface area contributed by atoms with Gasteiger partial charge in [-0.3, -0.25) is 4.79 Å². The number of methoxy groups -OCH3 is 1. The molecule has 0 aromatic heterocycles. The molecular weight excluding hydrogens is 416 g/mol. The minimum Gasteiger partial charge on any atom is -0.469 e. The minimum atomic E-state index is -0.247. The number of nitrogens with zero attached hydrogens (tertiary/aromatic N) is 1. The number of anilines is 2. The van der Waals surface area contributed by atoms with Gasteiger partial charge >= 0.3 is 5.97 Å². The number of esters is 1. The predicted molar refractivity (Wildman–Crippen MR) is 139 cm³/mol. The summed E-state index contributed by atoms with van der Waals surface area (Å²) in [6.07, 6.45) is 5.95. The maximum Gasteiger partial charge on any atom is 0.307 e. The lowest BCUT2D eigenvalue weighted by molar-refractivity contribution is -0.140. The van der Waals surface area contributed by atoms with Crippen molar-refractivity contribution in [2.24, 2.45) is 0 Å². The van der Waals surface area contributed by atoms with Crippen LogP contribution in [0.1, 0.15) is 25.8 Å². The van der Waals surface area contributed by atoms with E-state index in [0.717, 1.165) is 22.1 Å². The van der Waals surface area contributed by atoms with Gasteiger partial charge in [-0.15, -0.1) is 6.42 Å². The number of hydrogen-bond donors (Lipinski definition) is 1. The van der Waals surface area contributed by atoms with Crippen LogP contribution in [0.15, 0.2) is 65.6 Å². The molecule has 3 aromatic carbocycles. The van der Waals surface area contributed by atoms with Crippen LogP contribution in [0.2, 0.25) is 0 Å². The molecule has 0 radical (unpaired) electrons. The van der Waals surface area contributed by atoms with Crippen LogP contribution in [-0.2, 0) is 9.53 Å². The van der Waals surface area contributed by atoms with E-state index in [1.165, 1.54) is 17.6 Å². The van der Waals surface area contributed by atoms with Crippen LogP contribution in [-0.4, -0.2) is 31.0 Å². The van der Waals surface area contributed by atoms with Crippen molar-refractivity contribution in [1.82, 2.24) is 0 Å². The number of benzene rings is 3. The third-order valence-electron chi connectivity index (χ3n) is 5.42. The Labute approximate surface area is 193 Å². The van der Waals surface area contributed by atoms with Gasteiger partial charge in [0.1, 0.15) is 0 Å². The number of carbonyl (C=O) groups is 1. The van der Waals surface area contributed by atoms with Crippen LogP contribution in [0.25, 0.3) is 10.8 Å². The number of nitrogens with one attached hydrogen (secondary N) is 1. The van der Waals surface area contributed by atoms with Crippen LogP contribution < -0.4 is 9.62 Å². The second-order valence-electron chi connectivity index (χ2n) is 7.63. The number of aryl methyl sites for hydroxylation is 1. The van der Waals surface area contributed by atoms with E-state index >= 15 is 0 Å². The van der Waals surface area contributed by atoms with E-state index in [0.29, 0.717) is 6.54 Å². The summed E-state index contributed by atoms with van der Waals surface area (Å²) in [7, 11) is 1.18. The SMILES string of the molecule is C#CCN(c1ccc(N/S(=C\C)c2ccc(C)cc2)c2ccccc12)[C@@H](C)CC(=O)OC. The van der Waals surface area contributed by atoms with Gasteiger partial charge in [0.25, 0.3) is 0 Å². The average Bonchev–Trinajstić information content (AvgIpc) is 2.81. The molecule has 2 atom stereocenters. The lowest BCUT2D eigenvalue weighted by Crippen LogP contribution is -2.35. The largest absolute Gasteiger partial charge is 0.469 e. The van der Waals surface area contributed by atoms with E-state index in [9.17, 15) is 4.79 Å². The maximum absolute atomic E-state index is 11.9. The van der Waals surface area contributed by atoms with Crippen molar-refractivity contribution in [3.63, 3.8) is 0 Å². The molecule has 1 unspecified atom stereocenters. The van der Waals surface area contributed by atoms with Gasteiger partial charge in [-0.05, 0) is 50.4 Å². The summed E-state index contributed by atoms with van der Waals surface area (Å²) in [5.74, 6) is 2.49. The molecule has 0 aliphatic heterocycles. The van der Waals surface area contributed by atoms with Gasteiger partial charge in [0, 0.05) is 27.4 Å². The summed E-state index contributed by atoms with van der Waals surface area (Å²) < 4.78 is 8.58. The fourth-order valence-electron chi connectivity index (χ4n) is 3.69. The molecule has 0 spiro atoms. The summed E-state index contributed by atoms with van der Waals surface area (Å²) >= 11 is 0. The number of hydrogen-bond acceptors (Lipinski definition) is 4. The molecule has 0 fully saturated rings. The highest BCUT2D eigenvalue weighted by molar-refractivity contribution is 8.16. The Morgan fingerprint density at radius 1 is 1.16 bits per heavy atom. The van der Waals surface area contributed by atoms with Gasteiger partial charge in [-0.25, -0.2) is 0 Å². The molecule has 0 bridgehead atoms. The fraction of sp³-hybridized carbons (Fsp3) is 0.259. The van der Waals surface area contributed by atoms with Gasteiger partial charge in [-0.1, -0.05) is 58.6 Å². The molecule has 3 rings (SSSR count). The Morgan fingerprint density at radius 2 is 1.84 bits per heavy atom. The van der Waals surface area contributed by atoms with Crippen molar-refractivity contribution in [2.45, 2.75) is 38.1 Å². The zero-order valence-electron chi connectivity index (χ0n) is 19.1. The number of terminal acetylenes is 1. The first-order valence-electron chi connectivity index (χ1n) is 10.6. The van der Waals surface area contributed by atoms with E-state index < -0.39 is 0 Å². The molecule has 0 aliphatic rings. The van der Waals surface area contributed by atoms with Crippen LogP contribution in [0.3, 0.4) is 0 Å². The fourth-order valence-corrected chi connectivity index (χ4v) is 5.04. The number of carbonyl (C=O) groups excluding carboxylic acids is 1. The second kappa shape index (κ2) is 10.9. The van der Waals surface area contributed by atoms with Crippen LogP contribution in [0.4, 0.5) is 11.4 Å². The van der Waals surface area contributed by atoms with Crippen LogP contribution in [0, 0.1) is 19.3 Å². The first-order valence-corrected chi connectivity index (χ1v) is 11.9. The average molecular weight is 447 g/mol. The lowest BCUT2D eigenvalue weighted by atomic mass is 10.0. The summed E-state index contributed by atoms with van der Waals surface area (Å²) in [6.45, 7) is 6.58. The minimum absolute atomic E-state index is 0.0909. The molecule has 0 aliphatic carbocycles. The monoisotopic (exact) mass is 446 g/mol. The van der Waals surface area contributed by atoms with Crippen LogP contribution in [0.5, 0.6) is 0 Å². The van der Waals surface area contributed by atoms with Crippen molar-refractivity contribution in [2.75, 3.05) is 23.3 Å². The normalized spacial score (nSPS) is 12.7. The van der Waals surface area contributed by atoms with Gasteiger partial charge in [0.05, 0.1) is 25.8 Å². The quantitative estimate of drug-likeness (QED) is 0.261. The standard InChI is InChI=1S/C27H30N2O2S/c1-6-18-29(21(4)19-27(30)31-5)26-17-16-25(23-10-8-9-11-24(23)26)28-32(7-2)22-14-12-20(3)13-15-22/h1,7-17,21,28H,18-19H2,2-5H3/t21-,32?/m0/s1. The number of rotatable bonds is 8. The lowest BCUT2D eigenvalue weighted by Gasteiger charge is -2.30. The van der Waals surface area contributed by atoms with E-state index in [1.54, 1.807) is 0 Å². The molecule has 166 valence electrons. The van der Waals surface area contributed by atoms with Gasteiger partial charge in [0.15, 0.2) is 0 Å². The molecule has 0 heterocycles. The van der Waals surface area contributed by atoms with Crippen molar-refractivity contribution in [3.05, 3.63) is 66.2 Å². The molecule has 4 nitrogen and oxygen atoms in total. The summed E-state index contributed by atoms with van der Waals surface area (Å²) in [5, 5.41) is 4.40. The van der Waals surface area contributed by atoms with E-state index in [4.69, 9.17) is 11.2 Å². The van der Waals surface area contributed by atoms with E-state index in [2.05, 4.69) is 83.3 Å². The Kier molecular flexibility index (Phi) is 7.97. The summed E-state index contributed by atoms with van der Waals surface area (Å²) in [5.41, 5.74) is 3.32. The Hall–Kier alpha value is -3.23. The van der Waals surface area contributed by atoms with Crippen molar-refractivity contribution < 1.29 is 9.53 Å². The number of ether oxygens (including phenoxy) is 1. The molecule has 0 saturated heterocycles. The first-order chi connectivity index (χ1) is 15.5. The Balaban J connectivity index is 2.02. The van der Waals surface area contributed by atoms with Crippen molar-refractivity contribution in [1.29, 1.82) is 0 Å². The van der Waals surface area contributed by atoms with E-state index in [1.807, 2.05) is 19.1 Å². The number of fused-ring (bicyclic) bond motifs is 1. The molecule has 3 aromatic rings. The zero-order chi connectivity index (χ0) is 23.1. The highest BCUT2D eigenvalue weighted by Gasteiger charge is 2.20. The topological polar surface area (TPSA) is 41.6 Å². The first kappa shape index (κ1) is 23.4. The van der Waals surface area contributed by atoms with Crippen molar-refractivity contribution >= 4 is 44.2 Å². The van der Waals surface area contributed by atoms with Crippen molar-refractivity contribution in [3.8, 4) is 12.3 Å². The highest BCUT2D eigenvalue weighted by Crippen LogP contribution is 2.37. The molecule has 0 saturated carbocycles. The predicted octanol–water partition coefficient (Wildman–Crippen LogP) is 6.02. The Bertz CT molecular complexity index is 1160. The van der Waals surface area contributed by atoms with Crippen LogP contribution >= 0.6 is 10.7 Å². The molecule has 1 N–H and O–H groups in total. The summed E-state index contributed by atoms with van der Waals surface area (Å²) in [4.78, 5) is 15.2. The third-order valence-corrected chi connectivity index (χ3v) is 7.12. The van der Waals surface area contributed by atoms with E-state index in [-0.39, 0.29) is 29.1 Å². The summed E-state index contributed by atoms with van der Waals surface area (Å²) in [6, 6.07) is 21.0. The van der Waals surface area contributed by atoms with Gasteiger partial charge < -0.3 is 14.4 Å². The zero-order valence-corrected chi connectivity index (χ0v) is 19.9. The maximum atomic E-state index is 11.9. The van der Waals surface area contributed by atoms with Gasteiger partial charge in [-0.2, -0.15) is 0 Å². The molecular formula is C27H30N2O2S. The molecule has 5 heteroatoms. The highest BCUT2D eigenvalue weighted by atomic mass is 32.2. The third kappa shape index (κ3) is 5.33. The smallest absolute Gasteiger partial charge is 0.307 e.